The number of aromatic nitrogens is 2. The average Bonchev–Trinajstić information content (AvgIpc) is 2.90. The molecule has 1 aliphatic heterocycles. The molecule has 0 radical (unpaired) electrons. The molecular weight excluding hydrogens is 313 g/mol. The summed E-state index contributed by atoms with van der Waals surface area (Å²) in [4.78, 5) is 4.40. The summed E-state index contributed by atoms with van der Waals surface area (Å²) in [5.74, 6) is 1.23. The lowest BCUT2D eigenvalue weighted by atomic mass is 10.1. The van der Waals surface area contributed by atoms with Crippen molar-refractivity contribution in [3.8, 4) is 0 Å². The quantitative estimate of drug-likeness (QED) is 0.934. The molecule has 0 spiro atoms. The smallest absolute Gasteiger partial charge is 0.228 e. The van der Waals surface area contributed by atoms with Crippen molar-refractivity contribution in [2.24, 2.45) is 0 Å². The van der Waals surface area contributed by atoms with Crippen LogP contribution in [0.5, 0.6) is 0 Å². The molecule has 5 nitrogen and oxygen atoms in total. The molecule has 1 N–H and O–H groups in total. The summed E-state index contributed by atoms with van der Waals surface area (Å²) in [7, 11) is 0. The first-order valence-electron chi connectivity index (χ1n) is 6.77. The van der Waals surface area contributed by atoms with Gasteiger partial charge in [-0.15, -0.1) is 0 Å². The van der Waals surface area contributed by atoms with E-state index < -0.39 is 0 Å². The minimum Gasteiger partial charge on any atom is -0.378 e. The van der Waals surface area contributed by atoms with Crippen molar-refractivity contribution in [3.63, 3.8) is 0 Å². The van der Waals surface area contributed by atoms with Gasteiger partial charge in [0.15, 0.2) is 5.82 Å². The van der Waals surface area contributed by atoms with Crippen LogP contribution in [0.2, 0.25) is 10.0 Å². The lowest BCUT2D eigenvalue weighted by Crippen LogP contribution is -2.42. The summed E-state index contributed by atoms with van der Waals surface area (Å²) in [6.45, 7) is 2.27. The van der Waals surface area contributed by atoms with Crippen molar-refractivity contribution in [2.75, 3.05) is 19.8 Å². The van der Waals surface area contributed by atoms with Crippen molar-refractivity contribution in [2.45, 2.75) is 18.9 Å². The Balaban J connectivity index is 1.64. The van der Waals surface area contributed by atoms with Crippen LogP contribution in [0.25, 0.3) is 0 Å². The zero-order chi connectivity index (χ0) is 14.7. The van der Waals surface area contributed by atoms with E-state index in [9.17, 15) is 0 Å². The minimum absolute atomic E-state index is 0.228. The highest BCUT2D eigenvalue weighted by atomic mass is 35.5. The van der Waals surface area contributed by atoms with Gasteiger partial charge in [0, 0.05) is 35.5 Å². The molecule has 0 aliphatic carbocycles. The highest BCUT2D eigenvalue weighted by Gasteiger charge is 2.17. The topological polar surface area (TPSA) is 60.2 Å². The number of rotatable bonds is 4. The van der Waals surface area contributed by atoms with Gasteiger partial charge in [0.05, 0.1) is 13.2 Å². The van der Waals surface area contributed by atoms with Gasteiger partial charge in [0.25, 0.3) is 0 Å². The molecule has 21 heavy (non-hydrogen) atoms. The van der Waals surface area contributed by atoms with E-state index in [1.54, 1.807) is 12.1 Å². The molecule has 7 heteroatoms. The Bertz CT molecular complexity index is 612. The molecule has 2 aromatic rings. The number of nitrogens with zero attached hydrogens (tertiary/aromatic N) is 2. The van der Waals surface area contributed by atoms with Crippen LogP contribution in [0, 0.1) is 0 Å². The highest BCUT2D eigenvalue weighted by Crippen LogP contribution is 2.22. The normalized spacial score (nSPS) is 18.9. The third-order valence-electron chi connectivity index (χ3n) is 3.29. The summed E-state index contributed by atoms with van der Waals surface area (Å²) in [5, 5.41) is 8.57. The summed E-state index contributed by atoms with van der Waals surface area (Å²) >= 11 is 12.0. The van der Waals surface area contributed by atoms with Gasteiger partial charge in [-0.3, -0.25) is 0 Å². The number of hydrogen-bond acceptors (Lipinski definition) is 5. The Kier molecular flexibility index (Phi) is 4.75. The standard InChI is InChI=1S/C14H15Cl2N3O2/c15-10-2-1-9(12(16)6-10)5-13-18-14(21-19-13)7-11-8-20-4-3-17-11/h1-2,6,11,17H,3-5,7-8H2. The highest BCUT2D eigenvalue weighted by molar-refractivity contribution is 6.35. The van der Waals surface area contributed by atoms with Crippen molar-refractivity contribution in [1.29, 1.82) is 0 Å². The summed E-state index contributed by atoms with van der Waals surface area (Å²) in [6.07, 6.45) is 1.19. The van der Waals surface area contributed by atoms with Crippen molar-refractivity contribution >= 4 is 23.2 Å². The van der Waals surface area contributed by atoms with Gasteiger partial charge in [-0.05, 0) is 17.7 Å². The zero-order valence-electron chi connectivity index (χ0n) is 11.3. The number of morpholine rings is 1. The molecule has 1 fully saturated rings. The fraction of sp³-hybridized carbons (Fsp3) is 0.429. The fourth-order valence-electron chi connectivity index (χ4n) is 2.24. The molecule has 112 valence electrons. The molecule has 3 rings (SSSR count). The van der Waals surface area contributed by atoms with Crippen LogP contribution in [-0.2, 0) is 17.6 Å². The summed E-state index contributed by atoms with van der Waals surface area (Å²) < 4.78 is 10.7. The molecule has 1 unspecified atom stereocenters. The van der Waals surface area contributed by atoms with E-state index in [1.807, 2.05) is 6.07 Å². The van der Waals surface area contributed by atoms with Crippen LogP contribution >= 0.6 is 23.2 Å². The second-order valence-corrected chi connectivity index (χ2v) is 5.79. The Labute approximate surface area is 132 Å². The summed E-state index contributed by atoms with van der Waals surface area (Å²) in [6, 6.07) is 5.61. The van der Waals surface area contributed by atoms with Crippen molar-refractivity contribution < 1.29 is 9.26 Å². The van der Waals surface area contributed by atoms with Crippen LogP contribution in [0.1, 0.15) is 17.3 Å². The summed E-state index contributed by atoms with van der Waals surface area (Å²) in [5.41, 5.74) is 0.924. The van der Waals surface area contributed by atoms with E-state index in [1.165, 1.54) is 0 Å². The van der Waals surface area contributed by atoms with E-state index in [0.717, 1.165) is 18.7 Å². The second-order valence-electron chi connectivity index (χ2n) is 4.95. The molecule has 0 amide bonds. The SMILES string of the molecule is Clc1ccc(Cc2noc(CC3COCCN3)n2)c(Cl)c1. The second kappa shape index (κ2) is 6.75. The molecule has 1 aromatic carbocycles. The van der Waals surface area contributed by atoms with E-state index in [2.05, 4.69) is 15.5 Å². The van der Waals surface area contributed by atoms with Gasteiger partial charge >= 0.3 is 0 Å². The molecule has 1 saturated heterocycles. The van der Waals surface area contributed by atoms with Crippen molar-refractivity contribution in [3.05, 3.63) is 45.5 Å². The largest absolute Gasteiger partial charge is 0.378 e. The Hall–Kier alpha value is -1.14. The molecule has 2 heterocycles. The van der Waals surface area contributed by atoms with Crippen LogP contribution in [0.15, 0.2) is 22.7 Å². The molecule has 0 bridgehead atoms. The van der Waals surface area contributed by atoms with Gasteiger partial charge in [-0.2, -0.15) is 4.98 Å². The van der Waals surface area contributed by atoms with Crippen LogP contribution < -0.4 is 5.32 Å². The molecular formula is C14H15Cl2N3O2. The van der Waals surface area contributed by atoms with Crippen LogP contribution in [-0.4, -0.2) is 35.9 Å². The zero-order valence-corrected chi connectivity index (χ0v) is 12.8. The Morgan fingerprint density at radius 3 is 3.00 bits per heavy atom. The third kappa shape index (κ3) is 3.95. The van der Waals surface area contributed by atoms with Crippen molar-refractivity contribution in [1.82, 2.24) is 15.5 Å². The predicted molar refractivity (Wildman–Crippen MR) is 79.9 cm³/mol. The fourth-order valence-corrected chi connectivity index (χ4v) is 2.72. The first-order chi connectivity index (χ1) is 10.2. The maximum Gasteiger partial charge on any atom is 0.228 e. The van der Waals surface area contributed by atoms with E-state index in [-0.39, 0.29) is 6.04 Å². The number of hydrogen-bond donors (Lipinski definition) is 1. The van der Waals surface area contributed by atoms with Gasteiger partial charge in [-0.25, -0.2) is 0 Å². The van der Waals surface area contributed by atoms with Crippen LogP contribution in [0.4, 0.5) is 0 Å². The number of nitrogens with one attached hydrogen (secondary N) is 1. The first-order valence-corrected chi connectivity index (χ1v) is 7.53. The van der Waals surface area contributed by atoms with E-state index in [0.29, 0.717) is 41.2 Å². The maximum atomic E-state index is 6.14. The number of benzene rings is 1. The monoisotopic (exact) mass is 327 g/mol. The molecule has 1 aromatic heterocycles. The lowest BCUT2D eigenvalue weighted by Gasteiger charge is -2.22. The van der Waals surface area contributed by atoms with E-state index in [4.69, 9.17) is 32.5 Å². The molecule has 1 atom stereocenters. The predicted octanol–water partition coefficient (Wildman–Crippen LogP) is 2.50. The Morgan fingerprint density at radius 2 is 2.24 bits per heavy atom. The first kappa shape index (κ1) is 14.8. The third-order valence-corrected chi connectivity index (χ3v) is 3.88. The number of ether oxygens (including phenoxy) is 1. The molecule has 1 aliphatic rings. The Morgan fingerprint density at radius 1 is 1.33 bits per heavy atom. The van der Waals surface area contributed by atoms with Gasteiger partial charge < -0.3 is 14.6 Å². The van der Waals surface area contributed by atoms with Gasteiger partial charge in [0.2, 0.25) is 5.89 Å². The lowest BCUT2D eigenvalue weighted by molar-refractivity contribution is 0.0744. The average molecular weight is 328 g/mol. The van der Waals surface area contributed by atoms with E-state index >= 15 is 0 Å². The molecule has 0 saturated carbocycles. The van der Waals surface area contributed by atoms with Gasteiger partial charge in [0.1, 0.15) is 0 Å². The van der Waals surface area contributed by atoms with Gasteiger partial charge in [-0.1, -0.05) is 34.4 Å². The minimum atomic E-state index is 0.228. The van der Waals surface area contributed by atoms with Crippen LogP contribution in [0.3, 0.4) is 0 Å². The number of halogens is 2. The maximum absolute atomic E-state index is 6.14.